The zero-order chi connectivity index (χ0) is 27.4. The third-order valence-corrected chi connectivity index (χ3v) is 7.67. The summed E-state index contributed by atoms with van der Waals surface area (Å²) in [6, 6.07) is 11.6. The van der Waals surface area contributed by atoms with E-state index in [4.69, 9.17) is 0 Å². The second-order valence-electron chi connectivity index (χ2n) is 8.51. The molecule has 14 heteroatoms. The van der Waals surface area contributed by atoms with Crippen LogP contribution in [0.15, 0.2) is 74.9 Å². The molecule has 0 fully saturated rings. The first-order chi connectivity index (χ1) is 17.8. The lowest BCUT2D eigenvalue weighted by Crippen LogP contribution is -2.30. The second kappa shape index (κ2) is 8.92. The van der Waals surface area contributed by atoms with Crippen LogP contribution in [0, 0.1) is 11.6 Å². The third-order valence-electron chi connectivity index (χ3n) is 5.75. The molecular formula is C24H18F2N4O6S2. The lowest BCUT2D eigenvalue weighted by molar-refractivity contribution is 0.443. The van der Waals surface area contributed by atoms with Crippen LogP contribution in [0.1, 0.15) is 16.7 Å². The number of hydrogen-bond donors (Lipinski definition) is 3. The number of nitrogens with zero attached hydrogens (tertiary/aromatic N) is 2. The molecule has 0 aliphatic carbocycles. The van der Waals surface area contributed by atoms with Crippen molar-refractivity contribution in [3.63, 3.8) is 0 Å². The molecule has 38 heavy (non-hydrogen) atoms. The summed E-state index contributed by atoms with van der Waals surface area (Å²) >= 11 is 0. The maximum Gasteiger partial charge on any atom is 0.286 e. The van der Waals surface area contributed by atoms with Crippen LogP contribution in [0.25, 0.3) is 5.52 Å². The van der Waals surface area contributed by atoms with Gasteiger partial charge in [-0.15, -0.1) is 4.40 Å². The van der Waals surface area contributed by atoms with Gasteiger partial charge in [-0.25, -0.2) is 17.2 Å². The first kappa shape index (κ1) is 25.4. The van der Waals surface area contributed by atoms with Crippen molar-refractivity contribution in [3.8, 4) is 5.88 Å². The maximum atomic E-state index is 13.8. The minimum atomic E-state index is -4.45. The summed E-state index contributed by atoms with van der Waals surface area (Å²) in [6.45, 7) is 0. The lowest BCUT2D eigenvalue weighted by atomic mass is 10.0. The Morgan fingerprint density at radius 2 is 1.84 bits per heavy atom. The van der Waals surface area contributed by atoms with Crippen LogP contribution in [0.3, 0.4) is 0 Å². The fraction of sp³-hybridized carbons (Fsp3) is 0.0833. The van der Waals surface area contributed by atoms with Crippen LogP contribution in [0.2, 0.25) is 0 Å². The highest BCUT2D eigenvalue weighted by Crippen LogP contribution is 2.33. The zero-order valence-electron chi connectivity index (χ0n) is 19.4. The number of aromatic nitrogens is 1. The molecule has 0 saturated carbocycles. The van der Waals surface area contributed by atoms with Crippen molar-refractivity contribution in [1.82, 2.24) is 4.40 Å². The Morgan fingerprint density at radius 3 is 2.55 bits per heavy atom. The fourth-order valence-corrected chi connectivity index (χ4v) is 5.85. The number of aromatic hydroxyl groups is 1. The van der Waals surface area contributed by atoms with Crippen LogP contribution in [-0.4, -0.2) is 38.4 Å². The first-order valence-corrected chi connectivity index (χ1v) is 14.2. The second-order valence-corrected chi connectivity index (χ2v) is 11.8. The van der Waals surface area contributed by atoms with Gasteiger partial charge in [0, 0.05) is 23.9 Å². The monoisotopic (exact) mass is 560 g/mol. The number of amidine groups is 1. The van der Waals surface area contributed by atoms with E-state index in [9.17, 15) is 35.5 Å². The van der Waals surface area contributed by atoms with Crippen LogP contribution in [0.4, 0.5) is 20.2 Å². The normalized spacial score (nSPS) is 14.4. The number of rotatable bonds is 5. The highest BCUT2D eigenvalue weighted by Gasteiger charge is 2.30. The summed E-state index contributed by atoms with van der Waals surface area (Å²) in [4.78, 5) is 13.3. The highest BCUT2D eigenvalue weighted by atomic mass is 32.2. The number of sulfonamides is 2. The smallest absolute Gasteiger partial charge is 0.286 e. The molecule has 0 spiro atoms. The zero-order valence-corrected chi connectivity index (χ0v) is 21.1. The molecular weight excluding hydrogens is 542 g/mol. The molecule has 1 aliphatic rings. The van der Waals surface area contributed by atoms with E-state index >= 15 is 0 Å². The topological polar surface area (TPSA) is 146 Å². The Kier molecular flexibility index (Phi) is 5.95. The SMILES string of the molecule is CS(=O)(=O)Nc1ccc2c(c1)S(=O)(=O)N=C(c1c(O)n3ccccc3c(Cc3ccc(F)c(F)c3)c1=O)N2. The van der Waals surface area contributed by atoms with E-state index in [0.29, 0.717) is 0 Å². The van der Waals surface area contributed by atoms with Crippen LogP contribution >= 0.6 is 0 Å². The Labute approximate surface area is 215 Å². The van der Waals surface area contributed by atoms with Gasteiger partial charge in [-0.05, 0) is 48.0 Å². The summed E-state index contributed by atoms with van der Waals surface area (Å²) in [5, 5.41) is 13.7. The molecule has 2 aromatic carbocycles. The molecule has 0 saturated heterocycles. The summed E-state index contributed by atoms with van der Waals surface area (Å²) in [5.74, 6) is -3.22. The molecule has 10 nitrogen and oxygen atoms in total. The molecule has 2 aromatic heterocycles. The van der Waals surface area contributed by atoms with Crippen molar-refractivity contribution in [2.24, 2.45) is 4.40 Å². The number of nitrogens with one attached hydrogen (secondary N) is 2. The first-order valence-electron chi connectivity index (χ1n) is 10.9. The predicted octanol–water partition coefficient (Wildman–Crippen LogP) is 2.81. The molecule has 3 N–H and O–H groups in total. The number of anilines is 2. The Balaban J connectivity index is 1.68. The predicted molar refractivity (Wildman–Crippen MR) is 137 cm³/mol. The van der Waals surface area contributed by atoms with E-state index in [-0.39, 0.29) is 39.3 Å². The summed E-state index contributed by atoms with van der Waals surface area (Å²) in [5.41, 5.74) is -0.654. The highest BCUT2D eigenvalue weighted by molar-refractivity contribution is 7.92. The van der Waals surface area contributed by atoms with Gasteiger partial charge in [-0.2, -0.15) is 8.42 Å². The van der Waals surface area contributed by atoms with E-state index in [0.717, 1.165) is 24.5 Å². The maximum absolute atomic E-state index is 13.8. The minimum absolute atomic E-state index is 0.00633. The Morgan fingerprint density at radius 1 is 1.08 bits per heavy atom. The van der Waals surface area contributed by atoms with Crippen molar-refractivity contribution < 1.29 is 30.7 Å². The van der Waals surface area contributed by atoms with Crippen LogP contribution < -0.4 is 15.5 Å². The van der Waals surface area contributed by atoms with E-state index in [1.54, 1.807) is 18.2 Å². The molecule has 3 heterocycles. The average molecular weight is 561 g/mol. The standard InChI is InChI=1S/C24H18F2N4O6S2/c1-37(33,34)28-14-6-8-18-20(12-14)38(35,36)29-23(27-18)21-22(31)15(10-13-5-7-16(25)17(26)11-13)19-4-2-3-9-30(19)24(21)32/h2-9,11-12,28,32H,10H2,1H3,(H,27,29). The van der Waals surface area contributed by atoms with E-state index in [1.165, 1.54) is 28.8 Å². The number of hydrogen-bond acceptors (Lipinski definition) is 7. The van der Waals surface area contributed by atoms with Crippen LogP contribution in [-0.2, 0) is 26.5 Å². The van der Waals surface area contributed by atoms with Gasteiger partial charge in [0.2, 0.25) is 21.3 Å². The van der Waals surface area contributed by atoms with Crippen LogP contribution in [0.5, 0.6) is 5.88 Å². The molecule has 5 rings (SSSR count). The van der Waals surface area contributed by atoms with Crippen molar-refractivity contribution in [3.05, 3.63) is 99.3 Å². The summed E-state index contributed by atoms with van der Waals surface area (Å²) in [7, 11) is -8.13. The average Bonchev–Trinajstić information content (AvgIpc) is 2.83. The van der Waals surface area contributed by atoms with E-state index in [1.807, 2.05) is 0 Å². The number of benzene rings is 2. The molecule has 0 atom stereocenters. The van der Waals surface area contributed by atoms with Gasteiger partial charge in [-0.1, -0.05) is 12.1 Å². The van der Waals surface area contributed by atoms with Crippen molar-refractivity contribution >= 4 is 42.8 Å². The van der Waals surface area contributed by atoms with Gasteiger partial charge in [0.1, 0.15) is 10.5 Å². The number of halogens is 2. The van der Waals surface area contributed by atoms with Gasteiger partial charge in [0.15, 0.2) is 17.5 Å². The van der Waals surface area contributed by atoms with E-state index in [2.05, 4.69) is 14.4 Å². The molecule has 0 radical (unpaired) electrons. The molecule has 0 amide bonds. The molecule has 0 bridgehead atoms. The Hall–Kier alpha value is -4.30. The van der Waals surface area contributed by atoms with Gasteiger partial charge in [-0.3, -0.25) is 13.9 Å². The van der Waals surface area contributed by atoms with Crippen molar-refractivity contribution in [2.45, 2.75) is 11.3 Å². The fourth-order valence-electron chi connectivity index (χ4n) is 4.15. The van der Waals surface area contributed by atoms with Gasteiger partial charge in [0.25, 0.3) is 10.0 Å². The van der Waals surface area contributed by atoms with Gasteiger partial charge < -0.3 is 10.4 Å². The third kappa shape index (κ3) is 4.59. The van der Waals surface area contributed by atoms with Gasteiger partial charge in [0.05, 0.1) is 17.5 Å². The molecule has 0 unspecified atom stereocenters. The van der Waals surface area contributed by atoms with E-state index < -0.39 is 54.4 Å². The molecule has 1 aliphatic heterocycles. The Bertz CT molecular complexity index is 1960. The quantitative estimate of drug-likeness (QED) is 0.340. The van der Waals surface area contributed by atoms with Crippen molar-refractivity contribution in [2.75, 3.05) is 16.3 Å². The lowest BCUT2D eigenvalue weighted by Gasteiger charge is -2.21. The van der Waals surface area contributed by atoms with Crippen molar-refractivity contribution in [1.29, 1.82) is 0 Å². The minimum Gasteiger partial charge on any atom is -0.494 e. The number of pyridine rings is 2. The number of fused-ring (bicyclic) bond motifs is 2. The molecule has 4 aromatic rings. The van der Waals surface area contributed by atoms with Gasteiger partial charge >= 0.3 is 0 Å². The summed E-state index contributed by atoms with van der Waals surface area (Å²) < 4.78 is 83.5. The summed E-state index contributed by atoms with van der Waals surface area (Å²) in [6.07, 6.45) is 2.19. The largest absolute Gasteiger partial charge is 0.494 e. The molecule has 196 valence electrons.